The van der Waals surface area contributed by atoms with E-state index in [9.17, 15) is 4.79 Å². The zero-order chi connectivity index (χ0) is 7.98. The van der Waals surface area contributed by atoms with Gasteiger partial charge in [0.2, 0.25) is 0 Å². The van der Waals surface area contributed by atoms with Gasteiger partial charge in [-0.25, -0.2) is 0 Å². The number of amides is 1. The maximum absolute atomic E-state index is 10.8. The summed E-state index contributed by atoms with van der Waals surface area (Å²) in [5, 5.41) is 2.69. The minimum atomic E-state index is -0.0307. The van der Waals surface area contributed by atoms with Gasteiger partial charge in [0.15, 0.2) is 0 Å². The molecular weight excluding hydrogens is 150 g/mol. The third-order valence-corrected chi connectivity index (χ3v) is 1.45. The maximum atomic E-state index is 10.8. The van der Waals surface area contributed by atoms with Crippen LogP contribution in [0.4, 0.5) is 4.79 Å². The highest BCUT2D eigenvalue weighted by atomic mass is 32.2. The lowest BCUT2D eigenvalue weighted by molar-refractivity contribution is 0.250. The number of hydrogen-bond donors (Lipinski definition) is 1. The molecule has 0 aromatic carbocycles. The predicted molar refractivity (Wildman–Crippen MR) is 43.1 cm³/mol. The molecule has 0 atom stereocenters. The van der Waals surface area contributed by atoms with Crippen LogP contribution in [0.2, 0.25) is 0 Å². The van der Waals surface area contributed by atoms with Crippen LogP contribution in [0.3, 0.4) is 0 Å². The molecule has 0 saturated carbocycles. The summed E-state index contributed by atoms with van der Waals surface area (Å²) in [6.07, 6.45) is 0. The van der Waals surface area contributed by atoms with Crippen molar-refractivity contribution in [1.29, 1.82) is 0 Å². The Hall–Kier alpha value is -0.220. The van der Waals surface area contributed by atoms with Gasteiger partial charge in [0.25, 0.3) is 5.24 Å². The summed E-state index contributed by atoms with van der Waals surface area (Å²) in [5.74, 6) is 0.415. The van der Waals surface area contributed by atoms with E-state index in [1.807, 2.05) is 13.8 Å². The molecule has 0 aliphatic carbocycles. The number of hydrogen-bond acceptors (Lipinski definition) is 3. The van der Waals surface area contributed by atoms with Crippen LogP contribution in [-0.4, -0.2) is 24.3 Å². The fraction of sp³-hybridized carbons (Fsp3) is 0.833. The van der Waals surface area contributed by atoms with E-state index in [0.29, 0.717) is 5.94 Å². The molecule has 10 heavy (non-hydrogen) atoms. The Bertz CT molecular complexity index is 106. The zero-order valence-corrected chi connectivity index (χ0v) is 7.33. The Morgan fingerprint density at radius 3 is 2.70 bits per heavy atom. The highest BCUT2D eigenvalue weighted by Crippen LogP contribution is 2.00. The Balaban J connectivity index is 3.26. The van der Waals surface area contributed by atoms with Gasteiger partial charge in [-0.2, -0.15) is 0 Å². The SMILES string of the molecule is COCSC(=O)NC(C)C. The standard InChI is InChI=1S/C6H13NO2S/c1-5(2)7-6(8)10-4-9-3/h5H,4H2,1-3H3,(H,7,8). The minimum absolute atomic E-state index is 0.0307. The van der Waals surface area contributed by atoms with E-state index in [2.05, 4.69) is 5.32 Å². The normalized spacial score (nSPS) is 10.0. The average molecular weight is 163 g/mol. The summed E-state index contributed by atoms with van der Waals surface area (Å²) in [4.78, 5) is 10.8. The monoisotopic (exact) mass is 163 g/mol. The number of ether oxygens (including phenoxy) is 1. The van der Waals surface area contributed by atoms with Crippen molar-refractivity contribution in [3.05, 3.63) is 0 Å². The molecule has 60 valence electrons. The van der Waals surface area contributed by atoms with Gasteiger partial charge in [-0.05, 0) is 25.6 Å². The molecule has 0 spiro atoms. The third kappa shape index (κ3) is 5.91. The lowest BCUT2D eigenvalue weighted by Gasteiger charge is -2.05. The van der Waals surface area contributed by atoms with Gasteiger partial charge in [0.05, 0.1) is 0 Å². The van der Waals surface area contributed by atoms with Crippen molar-refractivity contribution in [2.24, 2.45) is 0 Å². The second-order valence-corrected chi connectivity index (χ2v) is 3.03. The summed E-state index contributed by atoms with van der Waals surface area (Å²) < 4.78 is 4.70. The zero-order valence-electron chi connectivity index (χ0n) is 6.51. The van der Waals surface area contributed by atoms with Crippen LogP contribution in [0, 0.1) is 0 Å². The van der Waals surface area contributed by atoms with Crippen molar-refractivity contribution in [1.82, 2.24) is 5.32 Å². The van der Waals surface area contributed by atoms with Crippen molar-refractivity contribution in [2.75, 3.05) is 13.0 Å². The Kier molecular flexibility index (Phi) is 5.43. The average Bonchev–Trinajstić information content (AvgIpc) is 1.82. The molecule has 4 heteroatoms. The van der Waals surface area contributed by atoms with E-state index >= 15 is 0 Å². The molecule has 0 saturated heterocycles. The lowest BCUT2D eigenvalue weighted by atomic mass is 10.4. The van der Waals surface area contributed by atoms with Crippen molar-refractivity contribution in [2.45, 2.75) is 19.9 Å². The van der Waals surface area contributed by atoms with E-state index in [4.69, 9.17) is 4.74 Å². The van der Waals surface area contributed by atoms with Gasteiger partial charge in [0.1, 0.15) is 5.94 Å². The summed E-state index contributed by atoms with van der Waals surface area (Å²) >= 11 is 1.13. The Morgan fingerprint density at radius 1 is 1.70 bits per heavy atom. The number of methoxy groups -OCH3 is 1. The van der Waals surface area contributed by atoms with E-state index in [1.54, 1.807) is 7.11 Å². The molecular formula is C6H13NO2S. The van der Waals surface area contributed by atoms with Crippen molar-refractivity contribution in [3.8, 4) is 0 Å². The Labute approximate surface area is 65.5 Å². The quantitative estimate of drug-likeness (QED) is 0.640. The largest absolute Gasteiger partial charge is 0.374 e. The molecule has 0 fully saturated rings. The van der Waals surface area contributed by atoms with Gasteiger partial charge < -0.3 is 10.1 Å². The van der Waals surface area contributed by atoms with Crippen molar-refractivity contribution < 1.29 is 9.53 Å². The van der Waals surface area contributed by atoms with Crippen molar-refractivity contribution >= 4 is 17.0 Å². The number of carbonyl (C=O) groups is 1. The van der Waals surface area contributed by atoms with Gasteiger partial charge in [-0.3, -0.25) is 4.79 Å². The highest BCUT2D eigenvalue weighted by Gasteiger charge is 2.01. The smallest absolute Gasteiger partial charge is 0.281 e. The fourth-order valence-corrected chi connectivity index (χ4v) is 0.934. The van der Waals surface area contributed by atoms with Gasteiger partial charge in [-0.1, -0.05) is 0 Å². The molecule has 1 amide bonds. The van der Waals surface area contributed by atoms with E-state index in [1.165, 1.54) is 0 Å². The molecule has 0 heterocycles. The first-order valence-corrected chi connectivity index (χ1v) is 4.07. The van der Waals surface area contributed by atoms with Crippen LogP contribution in [0.5, 0.6) is 0 Å². The van der Waals surface area contributed by atoms with Crippen LogP contribution in [0.1, 0.15) is 13.8 Å². The highest BCUT2D eigenvalue weighted by molar-refractivity contribution is 8.13. The number of carbonyl (C=O) groups excluding carboxylic acids is 1. The van der Waals surface area contributed by atoms with Crippen LogP contribution >= 0.6 is 11.8 Å². The van der Waals surface area contributed by atoms with Crippen LogP contribution in [0.15, 0.2) is 0 Å². The summed E-state index contributed by atoms with van der Waals surface area (Å²) in [7, 11) is 1.57. The summed E-state index contributed by atoms with van der Waals surface area (Å²) in [6.45, 7) is 3.84. The second kappa shape index (κ2) is 5.56. The van der Waals surface area contributed by atoms with Gasteiger partial charge >= 0.3 is 0 Å². The molecule has 0 aliphatic heterocycles. The van der Waals surface area contributed by atoms with E-state index in [0.717, 1.165) is 11.8 Å². The molecule has 0 aliphatic rings. The summed E-state index contributed by atoms with van der Waals surface area (Å²) in [5.41, 5.74) is 0. The van der Waals surface area contributed by atoms with Crippen LogP contribution < -0.4 is 5.32 Å². The van der Waals surface area contributed by atoms with Crippen LogP contribution in [-0.2, 0) is 4.74 Å². The van der Waals surface area contributed by atoms with Crippen molar-refractivity contribution in [3.63, 3.8) is 0 Å². The van der Waals surface area contributed by atoms with E-state index < -0.39 is 0 Å². The molecule has 0 aromatic rings. The third-order valence-electron chi connectivity index (χ3n) is 0.714. The maximum Gasteiger partial charge on any atom is 0.281 e. The minimum Gasteiger partial charge on any atom is -0.374 e. The first-order chi connectivity index (χ1) is 4.66. The fourth-order valence-electron chi connectivity index (χ4n) is 0.390. The molecule has 0 unspecified atom stereocenters. The molecule has 0 bridgehead atoms. The van der Waals surface area contributed by atoms with Gasteiger partial charge in [-0.15, -0.1) is 0 Å². The first kappa shape index (κ1) is 9.78. The van der Waals surface area contributed by atoms with E-state index in [-0.39, 0.29) is 11.3 Å². The molecule has 0 aromatic heterocycles. The molecule has 3 nitrogen and oxygen atoms in total. The number of thioether (sulfide) groups is 1. The Morgan fingerprint density at radius 2 is 2.30 bits per heavy atom. The second-order valence-electron chi connectivity index (χ2n) is 2.14. The topological polar surface area (TPSA) is 38.3 Å². The number of nitrogens with one attached hydrogen (secondary N) is 1. The first-order valence-electron chi connectivity index (χ1n) is 3.09. The molecule has 0 radical (unpaired) electrons. The molecule has 1 N–H and O–H groups in total. The summed E-state index contributed by atoms with van der Waals surface area (Å²) in [6, 6.07) is 0.205. The molecule has 0 rings (SSSR count). The van der Waals surface area contributed by atoms with Gasteiger partial charge in [0, 0.05) is 13.2 Å². The lowest BCUT2D eigenvalue weighted by Crippen LogP contribution is -2.26. The predicted octanol–water partition coefficient (Wildman–Crippen LogP) is 1.44. The number of rotatable bonds is 3. The van der Waals surface area contributed by atoms with Crippen LogP contribution in [0.25, 0.3) is 0 Å².